The van der Waals surface area contributed by atoms with Gasteiger partial charge in [0.05, 0.1) is 0 Å². The van der Waals surface area contributed by atoms with Crippen LogP contribution < -0.4 is 0 Å². The van der Waals surface area contributed by atoms with Gasteiger partial charge in [0.1, 0.15) is 0 Å². The number of allylic oxidation sites excluding steroid dienone is 4. The summed E-state index contributed by atoms with van der Waals surface area (Å²) in [5.74, 6) is 0.660. The molecule has 0 spiro atoms. The summed E-state index contributed by atoms with van der Waals surface area (Å²) < 4.78 is 0. The van der Waals surface area contributed by atoms with Gasteiger partial charge in [-0.05, 0) is 12.3 Å². The fourth-order valence-electron chi connectivity index (χ4n) is 1.55. The number of halogens is 2. The van der Waals surface area contributed by atoms with Crippen molar-refractivity contribution in [3.63, 3.8) is 0 Å². The van der Waals surface area contributed by atoms with E-state index >= 15 is 0 Å². The Morgan fingerprint density at radius 1 is 1.31 bits per heavy atom. The van der Waals surface area contributed by atoms with Crippen molar-refractivity contribution in [2.45, 2.75) is 27.7 Å². The first kappa shape index (κ1) is 13.8. The molecule has 0 N–H and O–H groups in total. The molecule has 1 aliphatic rings. The van der Waals surface area contributed by atoms with Crippen LogP contribution in [0, 0.1) is 11.3 Å². The molecule has 0 radical (unpaired) electrons. The normalized spacial score (nSPS) is 20.5. The van der Waals surface area contributed by atoms with Crippen LogP contribution in [0.15, 0.2) is 23.8 Å². The van der Waals surface area contributed by atoms with Crippen LogP contribution in [-0.4, -0.2) is 0 Å². The van der Waals surface area contributed by atoms with Crippen molar-refractivity contribution in [3.05, 3.63) is 23.8 Å². The van der Waals surface area contributed by atoms with Crippen LogP contribution in [-0.2, 0) is 17.0 Å². The van der Waals surface area contributed by atoms with Crippen molar-refractivity contribution >= 4 is 18.6 Å². The first-order valence-electron chi connectivity index (χ1n) is 4.24. The van der Waals surface area contributed by atoms with E-state index < -0.39 is 17.0 Å². The summed E-state index contributed by atoms with van der Waals surface area (Å²) in [6.07, 6.45) is 6.65. The van der Waals surface area contributed by atoms with E-state index in [1.54, 1.807) is 0 Å². The van der Waals surface area contributed by atoms with Crippen molar-refractivity contribution in [1.82, 2.24) is 0 Å². The summed E-state index contributed by atoms with van der Waals surface area (Å²) in [5.41, 5.74) is 1.89. The fourth-order valence-corrected chi connectivity index (χ4v) is 1.55. The van der Waals surface area contributed by atoms with Crippen LogP contribution in [0.3, 0.4) is 0 Å². The molecule has 1 rings (SSSR count). The van der Waals surface area contributed by atoms with Crippen molar-refractivity contribution in [2.24, 2.45) is 11.3 Å². The molecule has 0 aromatic heterocycles. The average molecular weight is 255 g/mol. The van der Waals surface area contributed by atoms with Crippen LogP contribution in [0.4, 0.5) is 0 Å². The Kier molecular flexibility index (Phi) is 6.67. The third-order valence-electron chi connectivity index (χ3n) is 2.09. The molecule has 0 amide bonds. The van der Waals surface area contributed by atoms with Gasteiger partial charge in [0, 0.05) is 5.92 Å². The Morgan fingerprint density at radius 2 is 1.77 bits per heavy atom. The second kappa shape index (κ2) is 6.29. The Labute approximate surface area is 98.1 Å². The SMILES string of the molecule is CC1=CC=CC1C(C)(C)C.[Cl][Ti][Cl]. The monoisotopic (exact) mass is 254 g/mol. The molecule has 0 fully saturated rings. The van der Waals surface area contributed by atoms with E-state index in [1.807, 2.05) is 0 Å². The van der Waals surface area contributed by atoms with Gasteiger partial charge in [0.2, 0.25) is 0 Å². The van der Waals surface area contributed by atoms with Crippen LogP contribution >= 0.6 is 18.6 Å². The van der Waals surface area contributed by atoms with Gasteiger partial charge in [0.15, 0.2) is 0 Å². The van der Waals surface area contributed by atoms with Crippen LogP contribution in [0.5, 0.6) is 0 Å². The zero-order valence-electron chi connectivity index (χ0n) is 8.57. The molecule has 1 unspecified atom stereocenters. The molecule has 0 aromatic rings. The number of hydrogen-bond donors (Lipinski definition) is 0. The maximum absolute atomic E-state index is 4.89. The molecule has 0 aromatic carbocycles. The van der Waals surface area contributed by atoms with Crippen molar-refractivity contribution < 1.29 is 17.0 Å². The van der Waals surface area contributed by atoms with Crippen molar-refractivity contribution in [2.75, 3.05) is 0 Å². The molecule has 3 heteroatoms. The third kappa shape index (κ3) is 5.27. The molecule has 0 saturated carbocycles. The topological polar surface area (TPSA) is 0 Å². The second-order valence-electron chi connectivity index (χ2n) is 4.21. The number of rotatable bonds is 0. The predicted molar refractivity (Wildman–Crippen MR) is 57.5 cm³/mol. The summed E-state index contributed by atoms with van der Waals surface area (Å²) in [7, 11) is 9.78. The summed E-state index contributed by atoms with van der Waals surface area (Å²) >= 11 is -0.556. The second-order valence-corrected chi connectivity index (χ2v) is 6.79. The predicted octanol–water partition coefficient (Wildman–Crippen LogP) is 4.54. The molecule has 0 aliphatic heterocycles. The van der Waals surface area contributed by atoms with E-state index in [1.165, 1.54) is 5.57 Å². The standard InChI is InChI=1S/C10H16.2ClH.Ti/c1-8-6-5-7-9(8)10(2,3)4;;;/h5-7,9H,1-4H3;2*1H;/q;;;+2/p-2. The van der Waals surface area contributed by atoms with Gasteiger partial charge in [-0.25, -0.2) is 0 Å². The molecule has 0 bridgehead atoms. The third-order valence-corrected chi connectivity index (χ3v) is 2.09. The Balaban J connectivity index is 0.000000424. The first-order chi connectivity index (χ1) is 5.93. The van der Waals surface area contributed by atoms with E-state index in [9.17, 15) is 0 Å². The van der Waals surface area contributed by atoms with Crippen molar-refractivity contribution in [3.8, 4) is 0 Å². The molecule has 0 nitrogen and oxygen atoms in total. The first-order valence-corrected chi connectivity index (χ1v) is 8.54. The molecule has 1 atom stereocenters. The van der Waals surface area contributed by atoms with Gasteiger partial charge in [-0.1, -0.05) is 44.6 Å². The zero-order valence-corrected chi connectivity index (χ0v) is 11.6. The molecule has 13 heavy (non-hydrogen) atoms. The van der Waals surface area contributed by atoms with Crippen LogP contribution in [0.25, 0.3) is 0 Å². The molecule has 74 valence electrons. The molecule has 1 aliphatic carbocycles. The fraction of sp³-hybridized carbons (Fsp3) is 0.600. The Bertz CT molecular complexity index is 201. The van der Waals surface area contributed by atoms with Crippen molar-refractivity contribution in [1.29, 1.82) is 0 Å². The minimum atomic E-state index is -0.556. The van der Waals surface area contributed by atoms with E-state index in [4.69, 9.17) is 18.6 Å². The van der Waals surface area contributed by atoms with Gasteiger partial charge >= 0.3 is 35.6 Å². The Hall–Kier alpha value is 0.774. The molecule has 0 heterocycles. The number of hydrogen-bond acceptors (Lipinski definition) is 0. The molecular weight excluding hydrogens is 239 g/mol. The summed E-state index contributed by atoms with van der Waals surface area (Å²) in [4.78, 5) is 0. The van der Waals surface area contributed by atoms with Gasteiger partial charge < -0.3 is 0 Å². The van der Waals surface area contributed by atoms with Gasteiger partial charge in [-0.3, -0.25) is 0 Å². The zero-order chi connectivity index (χ0) is 10.5. The quantitative estimate of drug-likeness (QED) is 0.557. The average Bonchev–Trinajstić information content (AvgIpc) is 2.35. The van der Waals surface area contributed by atoms with Gasteiger partial charge in [-0.15, -0.1) is 0 Å². The maximum atomic E-state index is 4.89. The summed E-state index contributed by atoms with van der Waals surface area (Å²) in [6.45, 7) is 9.05. The minimum absolute atomic E-state index is 0.396. The van der Waals surface area contributed by atoms with Crippen LogP contribution in [0.1, 0.15) is 27.7 Å². The summed E-state index contributed by atoms with van der Waals surface area (Å²) in [6, 6.07) is 0. The van der Waals surface area contributed by atoms with Gasteiger partial charge in [-0.2, -0.15) is 0 Å². The molecule has 0 saturated heterocycles. The van der Waals surface area contributed by atoms with Crippen LogP contribution in [0.2, 0.25) is 0 Å². The Morgan fingerprint density at radius 3 is 1.92 bits per heavy atom. The van der Waals surface area contributed by atoms with E-state index in [0.29, 0.717) is 11.3 Å². The molecular formula is C10H16Cl2Ti. The summed E-state index contributed by atoms with van der Waals surface area (Å²) in [5, 5.41) is 0. The van der Waals surface area contributed by atoms with E-state index in [2.05, 4.69) is 45.9 Å². The van der Waals surface area contributed by atoms with E-state index in [-0.39, 0.29) is 0 Å². The van der Waals surface area contributed by atoms with E-state index in [0.717, 1.165) is 0 Å². The van der Waals surface area contributed by atoms with Gasteiger partial charge in [0.25, 0.3) is 0 Å².